The number of hydrogen-bond acceptors (Lipinski definition) is 6. The van der Waals surface area contributed by atoms with Gasteiger partial charge in [-0.1, -0.05) is 55.3 Å². The summed E-state index contributed by atoms with van der Waals surface area (Å²) in [5, 5.41) is 8.67. The molecule has 0 bridgehead atoms. The second-order valence-electron chi connectivity index (χ2n) is 12.3. The number of carbonyl (C=O) groups is 2. The molecule has 0 aromatic heterocycles. The van der Waals surface area contributed by atoms with Gasteiger partial charge in [0.15, 0.2) is 0 Å². The highest BCUT2D eigenvalue weighted by Crippen LogP contribution is 2.22. The van der Waals surface area contributed by atoms with Gasteiger partial charge in [0, 0.05) is 69.3 Å². The number of nitrogens with two attached hydrogens (primary N) is 1. The summed E-state index contributed by atoms with van der Waals surface area (Å²) in [5.41, 5.74) is 8.03. The molecule has 238 valence electrons. The Morgan fingerprint density at radius 2 is 1.56 bits per heavy atom. The first-order chi connectivity index (χ1) is 20.4. The molecule has 2 aromatic rings. The molecule has 10 heteroatoms. The molecule has 2 heterocycles. The van der Waals surface area contributed by atoms with Crippen molar-refractivity contribution in [1.82, 2.24) is 25.1 Å². The number of likely N-dealkylation sites (tertiary alicyclic amines) is 1. The molecule has 2 aliphatic rings. The summed E-state index contributed by atoms with van der Waals surface area (Å²) in [6.07, 6.45) is 1.91. The highest BCUT2D eigenvalue weighted by molar-refractivity contribution is 6.30. The van der Waals surface area contributed by atoms with Crippen molar-refractivity contribution in [2.75, 3.05) is 52.9 Å². The van der Waals surface area contributed by atoms with E-state index in [0.717, 1.165) is 50.6 Å². The Hall–Kier alpha value is -2.56. The van der Waals surface area contributed by atoms with Crippen LogP contribution >= 0.6 is 11.6 Å². The standard InChI is InChI=1S/C26H43FN6O2.C7H7Cl/c1-19(2)18-33(32-15-13-30(4)14-16-32)23-9-11-31(12-10-23)26(35)20(3)29-25(34)17-24(28)21-5-7-22(27)8-6-21;1-6-2-4-7(8)5-3-6/h5-8,19-20,23-24H,9-18,28H2,1-4H3,(H,29,34);2-5H,1H3/t20-,24?;/m1./s1. The monoisotopic (exact) mass is 616 g/mol. The van der Waals surface area contributed by atoms with Gasteiger partial charge in [0.05, 0.1) is 0 Å². The molecule has 2 aliphatic heterocycles. The molecule has 4 rings (SSSR count). The molecule has 8 nitrogen and oxygen atoms in total. The molecule has 0 radical (unpaired) electrons. The molecule has 2 saturated heterocycles. The Morgan fingerprint density at radius 1 is 0.977 bits per heavy atom. The topological polar surface area (TPSA) is 85.1 Å². The molecule has 3 N–H and O–H groups in total. The van der Waals surface area contributed by atoms with Crippen molar-refractivity contribution >= 4 is 23.4 Å². The minimum atomic E-state index is -0.608. The minimum Gasteiger partial charge on any atom is -0.345 e. The normalized spacial score (nSPS) is 18.2. The van der Waals surface area contributed by atoms with Gasteiger partial charge in [0.25, 0.3) is 0 Å². The molecule has 2 aromatic carbocycles. The zero-order chi connectivity index (χ0) is 31.5. The van der Waals surface area contributed by atoms with Crippen LogP contribution in [0.5, 0.6) is 0 Å². The Labute approximate surface area is 262 Å². The van der Waals surface area contributed by atoms with Crippen molar-refractivity contribution < 1.29 is 14.0 Å². The van der Waals surface area contributed by atoms with Gasteiger partial charge in [0.2, 0.25) is 11.8 Å². The van der Waals surface area contributed by atoms with Crippen LogP contribution in [0.4, 0.5) is 4.39 Å². The number of piperidine rings is 1. The molecule has 2 amide bonds. The smallest absolute Gasteiger partial charge is 0.244 e. The molecule has 0 saturated carbocycles. The van der Waals surface area contributed by atoms with Gasteiger partial charge >= 0.3 is 0 Å². The number of hydrogen-bond donors (Lipinski definition) is 2. The van der Waals surface area contributed by atoms with Crippen molar-refractivity contribution in [3.63, 3.8) is 0 Å². The van der Waals surface area contributed by atoms with Crippen molar-refractivity contribution in [3.05, 3.63) is 70.5 Å². The van der Waals surface area contributed by atoms with E-state index in [2.05, 4.69) is 41.1 Å². The van der Waals surface area contributed by atoms with Crippen LogP contribution in [-0.2, 0) is 9.59 Å². The number of amides is 2. The molecule has 0 spiro atoms. The van der Waals surface area contributed by atoms with Crippen LogP contribution in [0, 0.1) is 18.7 Å². The van der Waals surface area contributed by atoms with Crippen LogP contribution < -0.4 is 11.1 Å². The fourth-order valence-electron chi connectivity index (χ4n) is 5.50. The largest absolute Gasteiger partial charge is 0.345 e. The highest BCUT2D eigenvalue weighted by Gasteiger charge is 2.33. The summed E-state index contributed by atoms with van der Waals surface area (Å²) >= 11 is 5.61. The van der Waals surface area contributed by atoms with E-state index in [1.807, 2.05) is 36.1 Å². The predicted octanol–water partition coefficient (Wildman–Crippen LogP) is 4.48. The number of aryl methyl sites for hydroxylation is 1. The number of nitrogens with zero attached hydrogens (tertiary/aromatic N) is 4. The summed E-state index contributed by atoms with van der Waals surface area (Å²) < 4.78 is 13.1. The van der Waals surface area contributed by atoms with E-state index in [4.69, 9.17) is 17.3 Å². The maximum Gasteiger partial charge on any atom is 0.244 e. The first-order valence-corrected chi connectivity index (χ1v) is 15.8. The van der Waals surface area contributed by atoms with Crippen molar-refractivity contribution in [2.24, 2.45) is 11.7 Å². The Balaban J connectivity index is 0.000000546. The number of rotatable bonds is 9. The van der Waals surface area contributed by atoms with Crippen LogP contribution in [-0.4, -0.2) is 96.6 Å². The van der Waals surface area contributed by atoms with Crippen molar-refractivity contribution in [1.29, 1.82) is 0 Å². The number of benzene rings is 2. The van der Waals surface area contributed by atoms with Gasteiger partial charge in [-0.05, 0) is 69.5 Å². The average molecular weight is 617 g/mol. The zero-order valence-electron chi connectivity index (χ0n) is 26.4. The third-order valence-electron chi connectivity index (χ3n) is 8.06. The lowest BCUT2D eigenvalue weighted by atomic mass is 10.0. The maximum absolute atomic E-state index is 13.1. The van der Waals surface area contributed by atoms with Gasteiger partial charge in [-0.2, -0.15) is 0 Å². The van der Waals surface area contributed by atoms with E-state index >= 15 is 0 Å². The summed E-state index contributed by atoms with van der Waals surface area (Å²) in [4.78, 5) is 29.8. The first kappa shape index (κ1) is 34.9. The molecular formula is C33H50ClFN6O2. The SMILES string of the molecule is CC(C)CN(C1CCN(C(=O)[C@@H](C)NC(=O)CC(N)c2ccc(F)cc2)CC1)N1CCN(C)CC1.Cc1ccc(Cl)cc1. The summed E-state index contributed by atoms with van der Waals surface area (Å²) in [6.45, 7) is 15.0. The predicted molar refractivity (Wildman–Crippen MR) is 172 cm³/mol. The van der Waals surface area contributed by atoms with Gasteiger partial charge in [-0.3, -0.25) is 9.59 Å². The lowest BCUT2D eigenvalue weighted by molar-refractivity contribution is -0.140. The molecule has 0 aliphatic carbocycles. The van der Waals surface area contributed by atoms with Gasteiger partial charge < -0.3 is 20.9 Å². The lowest BCUT2D eigenvalue weighted by Gasteiger charge is -2.47. The van der Waals surface area contributed by atoms with Crippen LogP contribution in [0.1, 0.15) is 57.2 Å². The van der Waals surface area contributed by atoms with Crippen molar-refractivity contribution in [2.45, 2.75) is 65.1 Å². The Bertz CT molecular complexity index is 1110. The number of nitrogens with one attached hydrogen (secondary N) is 1. The fourth-order valence-corrected chi connectivity index (χ4v) is 5.63. The Morgan fingerprint density at radius 3 is 2.09 bits per heavy atom. The molecule has 43 heavy (non-hydrogen) atoms. The van der Waals surface area contributed by atoms with Crippen LogP contribution in [0.25, 0.3) is 0 Å². The van der Waals surface area contributed by atoms with E-state index in [1.54, 1.807) is 19.1 Å². The van der Waals surface area contributed by atoms with Gasteiger partial charge in [0.1, 0.15) is 11.9 Å². The second-order valence-corrected chi connectivity index (χ2v) is 12.7. The lowest BCUT2D eigenvalue weighted by Crippen LogP contribution is -2.59. The molecule has 1 unspecified atom stereocenters. The summed E-state index contributed by atoms with van der Waals surface area (Å²) in [5.74, 6) is -0.104. The second kappa shape index (κ2) is 17.1. The van der Waals surface area contributed by atoms with Crippen molar-refractivity contribution in [3.8, 4) is 0 Å². The number of likely N-dealkylation sites (N-methyl/N-ethyl adjacent to an activating group) is 1. The number of halogens is 2. The maximum atomic E-state index is 13.1. The van der Waals surface area contributed by atoms with E-state index in [9.17, 15) is 14.0 Å². The highest BCUT2D eigenvalue weighted by atomic mass is 35.5. The minimum absolute atomic E-state index is 0.0422. The van der Waals surface area contributed by atoms with E-state index in [0.29, 0.717) is 30.6 Å². The molecular weight excluding hydrogens is 567 g/mol. The van der Waals surface area contributed by atoms with E-state index in [-0.39, 0.29) is 24.1 Å². The van der Waals surface area contributed by atoms with E-state index < -0.39 is 12.1 Å². The third kappa shape index (κ3) is 11.5. The third-order valence-corrected chi connectivity index (χ3v) is 8.31. The molecule has 2 fully saturated rings. The summed E-state index contributed by atoms with van der Waals surface area (Å²) in [7, 11) is 2.17. The number of hydrazine groups is 1. The van der Waals surface area contributed by atoms with Gasteiger partial charge in [-0.15, -0.1) is 0 Å². The van der Waals surface area contributed by atoms with Crippen LogP contribution in [0.3, 0.4) is 0 Å². The number of piperazine rings is 1. The average Bonchev–Trinajstić information content (AvgIpc) is 2.98. The van der Waals surface area contributed by atoms with Gasteiger partial charge in [-0.25, -0.2) is 14.4 Å². The first-order valence-electron chi connectivity index (χ1n) is 15.4. The Kier molecular flexibility index (Phi) is 13.9. The fraction of sp³-hybridized carbons (Fsp3) is 0.576. The number of carbonyl (C=O) groups excluding carboxylic acids is 2. The van der Waals surface area contributed by atoms with Crippen LogP contribution in [0.15, 0.2) is 48.5 Å². The van der Waals surface area contributed by atoms with E-state index in [1.165, 1.54) is 17.7 Å². The zero-order valence-corrected chi connectivity index (χ0v) is 27.2. The summed E-state index contributed by atoms with van der Waals surface area (Å²) in [6, 6.07) is 12.8. The molecule has 2 atom stereocenters. The quantitative estimate of drug-likeness (QED) is 0.432. The van der Waals surface area contributed by atoms with Crippen LogP contribution in [0.2, 0.25) is 5.02 Å².